The molecule has 0 radical (unpaired) electrons. The molecule has 1 rings (SSSR count). The van der Waals surface area contributed by atoms with Gasteiger partial charge in [-0.2, -0.15) is 0 Å². The summed E-state index contributed by atoms with van der Waals surface area (Å²) in [6, 6.07) is 7.09. The highest BCUT2D eigenvalue weighted by Crippen LogP contribution is 2.19. The lowest BCUT2D eigenvalue weighted by atomic mass is 10.0. The molecule has 0 unspecified atom stereocenters. The molecule has 0 saturated heterocycles. The molecule has 0 saturated carbocycles. The van der Waals surface area contributed by atoms with Crippen LogP contribution < -0.4 is 0 Å². The Morgan fingerprint density at radius 2 is 2.07 bits per heavy atom. The lowest BCUT2D eigenvalue weighted by molar-refractivity contribution is 0.599. The molecule has 0 heterocycles. The maximum absolute atomic E-state index is 11.7. The molecule has 15 heavy (non-hydrogen) atoms. The molecule has 0 aliphatic heterocycles. The van der Waals surface area contributed by atoms with Gasteiger partial charge in [0.1, 0.15) is 0 Å². The Hall–Kier alpha value is -1.09. The summed E-state index contributed by atoms with van der Waals surface area (Å²) in [4.78, 5) is 0.383. The second-order valence-electron chi connectivity index (χ2n) is 3.80. The zero-order valence-corrected chi connectivity index (χ0v) is 9.92. The lowest BCUT2D eigenvalue weighted by Gasteiger charge is -2.07. The summed E-state index contributed by atoms with van der Waals surface area (Å²) in [6.45, 7) is 7.53. The molecule has 2 nitrogen and oxygen atoms in total. The van der Waals surface area contributed by atoms with E-state index in [1.807, 2.05) is 19.9 Å². The molecule has 0 amide bonds. The van der Waals surface area contributed by atoms with Crippen LogP contribution in [0.4, 0.5) is 0 Å². The van der Waals surface area contributed by atoms with Gasteiger partial charge < -0.3 is 0 Å². The normalized spacial score (nSPS) is 11.7. The molecule has 0 fully saturated rings. The van der Waals surface area contributed by atoms with Crippen molar-refractivity contribution in [1.82, 2.24) is 0 Å². The average molecular weight is 224 g/mol. The SMILES string of the molecule is C=CCS(=O)(=O)c1cccc(C(C)C)c1. The van der Waals surface area contributed by atoms with Crippen LogP contribution in [0, 0.1) is 0 Å². The van der Waals surface area contributed by atoms with Gasteiger partial charge in [0.2, 0.25) is 0 Å². The Bertz CT molecular complexity index is 444. The molecule has 0 bridgehead atoms. The van der Waals surface area contributed by atoms with E-state index < -0.39 is 9.84 Å². The van der Waals surface area contributed by atoms with E-state index >= 15 is 0 Å². The van der Waals surface area contributed by atoms with Crippen molar-refractivity contribution in [2.75, 3.05) is 5.75 Å². The van der Waals surface area contributed by atoms with Crippen LogP contribution in [0.25, 0.3) is 0 Å². The van der Waals surface area contributed by atoms with Crippen molar-refractivity contribution in [1.29, 1.82) is 0 Å². The first-order chi connectivity index (χ1) is 6.97. The predicted molar refractivity (Wildman–Crippen MR) is 62.8 cm³/mol. The summed E-state index contributed by atoms with van der Waals surface area (Å²) in [5, 5.41) is 0. The van der Waals surface area contributed by atoms with Crippen molar-refractivity contribution in [3.63, 3.8) is 0 Å². The fraction of sp³-hybridized carbons (Fsp3) is 0.333. The third-order valence-electron chi connectivity index (χ3n) is 2.22. The first-order valence-corrected chi connectivity index (χ1v) is 6.56. The van der Waals surface area contributed by atoms with E-state index in [4.69, 9.17) is 0 Å². The monoisotopic (exact) mass is 224 g/mol. The molecular weight excluding hydrogens is 208 g/mol. The highest BCUT2D eigenvalue weighted by atomic mass is 32.2. The van der Waals surface area contributed by atoms with Crippen LogP contribution in [0.5, 0.6) is 0 Å². The Morgan fingerprint density at radius 1 is 1.40 bits per heavy atom. The number of hydrogen-bond acceptors (Lipinski definition) is 2. The number of rotatable bonds is 4. The maximum Gasteiger partial charge on any atom is 0.181 e. The molecule has 3 heteroatoms. The van der Waals surface area contributed by atoms with Crippen molar-refractivity contribution in [2.24, 2.45) is 0 Å². The Morgan fingerprint density at radius 3 is 2.60 bits per heavy atom. The Balaban J connectivity index is 3.16. The van der Waals surface area contributed by atoms with Gasteiger partial charge in [0.25, 0.3) is 0 Å². The van der Waals surface area contributed by atoms with Gasteiger partial charge in [-0.15, -0.1) is 6.58 Å². The van der Waals surface area contributed by atoms with Gasteiger partial charge in [-0.05, 0) is 23.6 Å². The number of sulfone groups is 1. The quantitative estimate of drug-likeness (QED) is 0.737. The maximum atomic E-state index is 11.7. The van der Waals surface area contributed by atoms with E-state index in [1.165, 1.54) is 6.08 Å². The average Bonchev–Trinajstić information content (AvgIpc) is 2.18. The van der Waals surface area contributed by atoms with Crippen molar-refractivity contribution >= 4 is 9.84 Å². The summed E-state index contributed by atoms with van der Waals surface area (Å²) in [7, 11) is -3.18. The highest BCUT2D eigenvalue weighted by molar-refractivity contribution is 7.91. The summed E-state index contributed by atoms with van der Waals surface area (Å²) in [6.07, 6.45) is 1.41. The fourth-order valence-corrected chi connectivity index (χ4v) is 2.42. The minimum absolute atomic E-state index is 0.00541. The van der Waals surface area contributed by atoms with Crippen LogP contribution in [0.1, 0.15) is 25.3 Å². The Kier molecular flexibility index (Phi) is 3.69. The molecule has 0 aliphatic carbocycles. The number of hydrogen-bond donors (Lipinski definition) is 0. The minimum Gasteiger partial charge on any atom is -0.223 e. The highest BCUT2D eigenvalue weighted by Gasteiger charge is 2.13. The van der Waals surface area contributed by atoms with Crippen molar-refractivity contribution < 1.29 is 8.42 Å². The molecule has 0 aromatic heterocycles. The van der Waals surface area contributed by atoms with Gasteiger partial charge in [0, 0.05) is 0 Å². The van der Waals surface area contributed by atoms with E-state index in [-0.39, 0.29) is 5.75 Å². The zero-order chi connectivity index (χ0) is 11.5. The van der Waals surface area contributed by atoms with Gasteiger partial charge in [-0.25, -0.2) is 8.42 Å². The third-order valence-corrected chi connectivity index (χ3v) is 3.87. The molecule has 1 aromatic carbocycles. The van der Waals surface area contributed by atoms with Crippen LogP contribution in [0.15, 0.2) is 41.8 Å². The van der Waals surface area contributed by atoms with Gasteiger partial charge in [0.15, 0.2) is 9.84 Å². The molecule has 82 valence electrons. The minimum atomic E-state index is -3.18. The van der Waals surface area contributed by atoms with Crippen molar-refractivity contribution in [2.45, 2.75) is 24.7 Å². The van der Waals surface area contributed by atoms with Gasteiger partial charge in [0.05, 0.1) is 10.6 Å². The summed E-state index contributed by atoms with van der Waals surface area (Å²) < 4.78 is 23.5. The summed E-state index contributed by atoms with van der Waals surface area (Å²) in [5.41, 5.74) is 1.04. The molecule has 0 aliphatic rings. The molecule has 0 N–H and O–H groups in total. The van der Waals surface area contributed by atoms with E-state index in [0.29, 0.717) is 10.8 Å². The van der Waals surface area contributed by atoms with Crippen LogP contribution in [-0.2, 0) is 9.84 Å². The van der Waals surface area contributed by atoms with Crippen LogP contribution in [0.2, 0.25) is 0 Å². The smallest absolute Gasteiger partial charge is 0.181 e. The van der Waals surface area contributed by atoms with Gasteiger partial charge in [-0.3, -0.25) is 0 Å². The third kappa shape index (κ3) is 2.93. The van der Waals surface area contributed by atoms with E-state index in [0.717, 1.165) is 5.56 Å². The summed E-state index contributed by atoms with van der Waals surface area (Å²) in [5.74, 6) is 0.332. The second kappa shape index (κ2) is 4.62. The molecule has 1 aromatic rings. The second-order valence-corrected chi connectivity index (χ2v) is 5.83. The van der Waals surface area contributed by atoms with Crippen molar-refractivity contribution in [3.05, 3.63) is 42.5 Å². The zero-order valence-electron chi connectivity index (χ0n) is 9.10. The first kappa shape index (κ1) is 12.0. The van der Waals surface area contributed by atoms with E-state index in [9.17, 15) is 8.42 Å². The predicted octanol–water partition coefficient (Wildman–Crippen LogP) is 2.77. The largest absolute Gasteiger partial charge is 0.223 e. The summed E-state index contributed by atoms with van der Waals surface area (Å²) >= 11 is 0. The van der Waals surface area contributed by atoms with Crippen LogP contribution in [0.3, 0.4) is 0 Å². The van der Waals surface area contributed by atoms with Gasteiger partial charge >= 0.3 is 0 Å². The molecular formula is C12H16O2S. The number of benzene rings is 1. The topological polar surface area (TPSA) is 34.1 Å². The van der Waals surface area contributed by atoms with Crippen molar-refractivity contribution in [3.8, 4) is 0 Å². The van der Waals surface area contributed by atoms with Crippen LogP contribution >= 0.6 is 0 Å². The van der Waals surface area contributed by atoms with E-state index in [1.54, 1.807) is 18.2 Å². The first-order valence-electron chi connectivity index (χ1n) is 4.91. The van der Waals surface area contributed by atoms with E-state index in [2.05, 4.69) is 6.58 Å². The lowest BCUT2D eigenvalue weighted by Crippen LogP contribution is -2.05. The molecule has 0 spiro atoms. The molecule has 0 atom stereocenters. The Labute approximate surface area is 91.6 Å². The standard InChI is InChI=1S/C12H16O2S/c1-4-8-15(13,14)12-7-5-6-11(9-12)10(2)3/h4-7,9-10H,1,8H2,2-3H3. The van der Waals surface area contributed by atoms with Crippen LogP contribution in [-0.4, -0.2) is 14.2 Å². The fourth-order valence-electron chi connectivity index (χ4n) is 1.32. The van der Waals surface area contributed by atoms with Gasteiger partial charge in [-0.1, -0.05) is 32.1 Å².